The van der Waals surface area contributed by atoms with E-state index >= 15 is 0 Å². The van der Waals surface area contributed by atoms with Crippen LogP contribution < -0.4 is 15.8 Å². The standard InChI is InChI=1S/C19H18N4O2/c20-18(24)17-16(25-13-15-4-2-1-3-5-15)8-11-22-19(17)23-12-14-6-9-21-10-7-14/h1-11H,12-13H2,(H2,20,24)(H,22,23). The van der Waals surface area contributed by atoms with E-state index in [4.69, 9.17) is 10.5 Å². The van der Waals surface area contributed by atoms with Crippen molar-refractivity contribution in [1.82, 2.24) is 9.97 Å². The highest BCUT2D eigenvalue weighted by Crippen LogP contribution is 2.25. The van der Waals surface area contributed by atoms with Crippen molar-refractivity contribution >= 4 is 11.7 Å². The number of primary amides is 1. The second-order valence-electron chi connectivity index (χ2n) is 5.38. The Bertz CT molecular complexity index is 777. The monoisotopic (exact) mass is 334 g/mol. The second kappa shape index (κ2) is 7.92. The van der Waals surface area contributed by atoms with E-state index < -0.39 is 5.91 Å². The first-order valence-corrected chi connectivity index (χ1v) is 7.82. The van der Waals surface area contributed by atoms with Gasteiger partial charge in [0.2, 0.25) is 0 Å². The molecule has 2 heterocycles. The smallest absolute Gasteiger partial charge is 0.256 e. The molecular formula is C19H18N4O2. The topological polar surface area (TPSA) is 90.1 Å². The first-order valence-electron chi connectivity index (χ1n) is 7.82. The number of hydrogen-bond acceptors (Lipinski definition) is 5. The molecule has 0 unspecified atom stereocenters. The van der Waals surface area contributed by atoms with Crippen LogP contribution in [0.4, 0.5) is 5.82 Å². The molecule has 1 amide bonds. The number of rotatable bonds is 7. The molecule has 25 heavy (non-hydrogen) atoms. The number of ether oxygens (including phenoxy) is 1. The number of benzene rings is 1. The summed E-state index contributed by atoms with van der Waals surface area (Å²) < 4.78 is 5.79. The summed E-state index contributed by atoms with van der Waals surface area (Å²) in [6.07, 6.45) is 5.00. The van der Waals surface area contributed by atoms with Crippen molar-refractivity contribution in [2.75, 3.05) is 5.32 Å². The van der Waals surface area contributed by atoms with Crippen LogP contribution in [0.15, 0.2) is 67.1 Å². The highest BCUT2D eigenvalue weighted by Gasteiger charge is 2.16. The molecule has 0 saturated carbocycles. The fourth-order valence-corrected chi connectivity index (χ4v) is 2.36. The number of amides is 1. The Balaban J connectivity index is 1.78. The van der Waals surface area contributed by atoms with Gasteiger partial charge in [-0.05, 0) is 29.3 Å². The zero-order chi connectivity index (χ0) is 17.5. The maximum Gasteiger partial charge on any atom is 0.256 e. The number of carbonyl (C=O) groups is 1. The summed E-state index contributed by atoms with van der Waals surface area (Å²) in [5.41, 5.74) is 7.80. The molecule has 0 bridgehead atoms. The van der Waals surface area contributed by atoms with Crippen molar-refractivity contribution in [3.63, 3.8) is 0 Å². The number of nitrogens with zero attached hydrogens (tertiary/aromatic N) is 2. The van der Waals surface area contributed by atoms with Gasteiger partial charge in [0.05, 0.1) is 0 Å². The predicted octanol–water partition coefficient (Wildman–Crippen LogP) is 2.77. The van der Waals surface area contributed by atoms with E-state index in [1.165, 1.54) is 0 Å². The van der Waals surface area contributed by atoms with Crippen LogP contribution in [0.25, 0.3) is 0 Å². The minimum absolute atomic E-state index is 0.243. The molecular weight excluding hydrogens is 316 g/mol. The molecule has 0 fully saturated rings. The summed E-state index contributed by atoms with van der Waals surface area (Å²) >= 11 is 0. The van der Waals surface area contributed by atoms with Gasteiger partial charge in [-0.2, -0.15) is 0 Å². The molecule has 0 aliphatic heterocycles. The molecule has 3 rings (SSSR count). The number of pyridine rings is 2. The van der Waals surface area contributed by atoms with Crippen molar-refractivity contribution in [3.05, 3.63) is 83.8 Å². The zero-order valence-corrected chi connectivity index (χ0v) is 13.6. The largest absolute Gasteiger partial charge is 0.488 e. The van der Waals surface area contributed by atoms with E-state index in [-0.39, 0.29) is 5.56 Å². The van der Waals surface area contributed by atoms with Crippen LogP contribution >= 0.6 is 0 Å². The predicted molar refractivity (Wildman–Crippen MR) is 95.1 cm³/mol. The number of aromatic nitrogens is 2. The Kier molecular flexibility index (Phi) is 5.21. The maximum absolute atomic E-state index is 11.9. The number of carbonyl (C=O) groups excluding carboxylic acids is 1. The molecule has 0 aliphatic rings. The summed E-state index contributed by atoms with van der Waals surface area (Å²) in [6.45, 7) is 0.840. The van der Waals surface area contributed by atoms with Crippen molar-refractivity contribution in [2.45, 2.75) is 13.2 Å². The zero-order valence-electron chi connectivity index (χ0n) is 13.6. The normalized spacial score (nSPS) is 10.2. The Hall–Kier alpha value is -3.41. The lowest BCUT2D eigenvalue weighted by Crippen LogP contribution is -2.17. The van der Waals surface area contributed by atoms with Crippen LogP contribution in [0, 0.1) is 0 Å². The van der Waals surface area contributed by atoms with Gasteiger partial charge in [-0.15, -0.1) is 0 Å². The van der Waals surface area contributed by atoms with Crippen molar-refractivity contribution in [3.8, 4) is 5.75 Å². The fraction of sp³-hybridized carbons (Fsp3) is 0.105. The Labute approximate surface area is 145 Å². The molecule has 0 saturated heterocycles. The van der Waals surface area contributed by atoms with E-state index in [2.05, 4.69) is 15.3 Å². The van der Waals surface area contributed by atoms with E-state index in [1.807, 2.05) is 42.5 Å². The Morgan fingerprint density at radius 2 is 1.76 bits per heavy atom. The molecule has 1 aromatic carbocycles. The van der Waals surface area contributed by atoms with Gasteiger partial charge in [0, 0.05) is 25.1 Å². The van der Waals surface area contributed by atoms with Gasteiger partial charge < -0.3 is 15.8 Å². The second-order valence-corrected chi connectivity index (χ2v) is 5.38. The average Bonchev–Trinajstić information content (AvgIpc) is 2.66. The minimum atomic E-state index is -0.589. The Morgan fingerprint density at radius 1 is 1.00 bits per heavy atom. The molecule has 0 spiro atoms. The molecule has 0 radical (unpaired) electrons. The molecule has 3 N–H and O–H groups in total. The average molecular weight is 334 g/mol. The third-order valence-corrected chi connectivity index (χ3v) is 3.61. The number of nitrogens with two attached hydrogens (primary N) is 1. The van der Waals surface area contributed by atoms with E-state index in [9.17, 15) is 4.79 Å². The van der Waals surface area contributed by atoms with Crippen molar-refractivity contribution in [2.24, 2.45) is 5.73 Å². The molecule has 0 atom stereocenters. The van der Waals surface area contributed by atoms with Gasteiger partial charge in [0.25, 0.3) is 5.91 Å². The highest BCUT2D eigenvalue weighted by atomic mass is 16.5. The van der Waals surface area contributed by atoms with Crippen molar-refractivity contribution < 1.29 is 9.53 Å². The van der Waals surface area contributed by atoms with Gasteiger partial charge >= 0.3 is 0 Å². The lowest BCUT2D eigenvalue weighted by molar-refractivity contribution is 0.0996. The minimum Gasteiger partial charge on any atom is -0.488 e. The molecule has 3 aromatic rings. The van der Waals surface area contributed by atoms with Gasteiger partial charge in [-0.25, -0.2) is 4.98 Å². The lowest BCUT2D eigenvalue weighted by atomic mass is 10.2. The first-order chi connectivity index (χ1) is 12.2. The number of hydrogen-bond donors (Lipinski definition) is 2. The first kappa shape index (κ1) is 16.4. The summed E-state index contributed by atoms with van der Waals surface area (Å²) in [7, 11) is 0. The van der Waals surface area contributed by atoms with Gasteiger partial charge in [0.1, 0.15) is 23.7 Å². The lowest BCUT2D eigenvalue weighted by Gasteiger charge is -2.14. The molecule has 6 heteroatoms. The third kappa shape index (κ3) is 4.32. The molecule has 126 valence electrons. The van der Waals surface area contributed by atoms with E-state index in [0.717, 1.165) is 11.1 Å². The van der Waals surface area contributed by atoms with Gasteiger partial charge in [-0.1, -0.05) is 30.3 Å². The Morgan fingerprint density at radius 3 is 2.48 bits per heavy atom. The summed E-state index contributed by atoms with van der Waals surface area (Å²) in [6, 6.07) is 15.1. The van der Waals surface area contributed by atoms with Crippen LogP contribution in [0.5, 0.6) is 5.75 Å². The SMILES string of the molecule is NC(=O)c1c(OCc2ccccc2)ccnc1NCc1ccncc1. The van der Waals surface area contributed by atoms with E-state index in [0.29, 0.717) is 24.7 Å². The fourth-order valence-electron chi connectivity index (χ4n) is 2.36. The van der Waals surface area contributed by atoms with Crippen LogP contribution in [0.2, 0.25) is 0 Å². The van der Waals surface area contributed by atoms with Crippen LogP contribution in [0.3, 0.4) is 0 Å². The summed E-state index contributed by atoms with van der Waals surface area (Å²) in [5, 5.41) is 3.13. The highest BCUT2D eigenvalue weighted by molar-refractivity contribution is 6.00. The summed E-state index contributed by atoms with van der Waals surface area (Å²) in [5.74, 6) is 0.215. The quantitative estimate of drug-likeness (QED) is 0.693. The van der Waals surface area contributed by atoms with Crippen LogP contribution in [-0.2, 0) is 13.2 Å². The van der Waals surface area contributed by atoms with E-state index in [1.54, 1.807) is 24.7 Å². The van der Waals surface area contributed by atoms with Crippen molar-refractivity contribution in [1.29, 1.82) is 0 Å². The van der Waals surface area contributed by atoms with Crippen LogP contribution in [0.1, 0.15) is 21.5 Å². The van der Waals surface area contributed by atoms with Crippen LogP contribution in [-0.4, -0.2) is 15.9 Å². The molecule has 0 aliphatic carbocycles. The molecule has 6 nitrogen and oxygen atoms in total. The summed E-state index contributed by atoms with van der Waals surface area (Å²) in [4.78, 5) is 20.1. The van der Waals surface area contributed by atoms with Gasteiger partial charge in [0.15, 0.2) is 0 Å². The molecule has 2 aromatic heterocycles. The number of anilines is 1. The maximum atomic E-state index is 11.9. The van der Waals surface area contributed by atoms with Gasteiger partial charge in [-0.3, -0.25) is 9.78 Å². The number of nitrogens with one attached hydrogen (secondary N) is 1. The third-order valence-electron chi connectivity index (χ3n) is 3.61.